The van der Waals surface area contributed by atoms with E-state index in [1.807, 2.05) is 0 Å². The molecule has 2 heterocycles. The maximum absolute atomic E-state index is 13.0. The summed E-state index contributed by atoms with van der Waals surface area (Å²) >= 11 is 0. The molecule has 0 amide bonds. The molecule has 33 heavy (non-hydrogen) atoms. The topological polar surface area (TPSA) is 104 Å². The summed E-state index contributed by atoms with van der Waals surface area (Å²) in [4.78, 5) is 9.93. The highest BCUT2D eigenvalue weighted by Gasteiger charge is 2.32. The Balaban J connectivity index is 1.42. The number of nitrogens with one attached hydrogen (secondary N) is 1. The van der Waals surface area contributed by atoms with Gasteiger partial charge in [0.2, 0.25) is 16.0 Å². The van der Waals surface area contributed by atoms with Crippen molar-refractivity contribution in [1.82, 2.24) is 14.3 Å². The Bertz CT molecular complexity index is 1230. The van der Waals surface area contributed by atoms with Crippen molar-refractivity contribution in [3.63, 3.8) is 0 Å². The molecule has 0 radical (unpaired) electrons. The van der Waals surface area contributed by atoms with Crippen molar-refractivity contribution >= 4 is 33.2 Å². The second-order valence-corrected chi connectivity index (χ2v) is 9.33. The quantitative estimate of drug-likeness (QED) is 0.580. The molecule has 1 fully saturated rings. The minimum Gasteiger partial charge on any atom is -0.384 e. The van der Waals surface area contributed by atoms with Crippen LogP contribution in [0.1, 0.15) is 5.56 Å². The van der Waals surface area contributed by atoms with E-state index < -0.39 is 21.8 Å². The lowest BCUT2D eigenvalue weighted by Gasteiger charge is -2.35. The number of anilines is 4. The highest BCUT2D eigenvalue weighted by atomic mass is 32.2. The predicted octanol–water partition coefficient (Wildman–Crippen LogP) is 3.33. The molecule has 0 spiro atoms. The van der Waals surface area contributed by atoms with Crippen LogP contribution in [0.15, 0.2) is 65.7 Å². The summed E-state index contributed by atoms with van der Waals surface area (Å²) in [6, 6.07) is 12.7. The number of piperazine rings is 1. The Kier molecular flexibility index (Phi) is 6.13. The monoisotopic (exact) mass is 478 g/mol. The van der Waals surface area contributed by atoms with E-state index >= 15 is 0 Å². The van der Waals surface area contributed by atoms with Crippen molar-refractivity contribution in [3.8, 4) is 0 Å². The van der Waals surface area contributed by atoms with Gasteiger partial charge in [0, 0.05) is 43.8 Å². The highest BCUT2D eigenvalue weighted by molar-refractivity contribution is 7.89. The number of nitrogens with zero attached hydrogens (tertiary/aromatic N) is 4. The zero-order chi connectivity index (χ0) is 23.6. The van der Waals surface area contributed by atoms with Crippen LogP contribution in [-0.4, -0.2) is 48.9 Å². The van der Waals surface area contributed by atoms with Gasteiger partial charge < -0.3 is 16.0 Å². The van der Waals surface area contributed by atoms with Gasteiger partial charge >= 0.3 is 6.18 Å². The molecule has 0 saturated carbocycles. The summed E-state index contributed by atoms with van der Waals surface area (Å²) in [6.45, 7) is 0.894. The smallest absolute Gasteiger partial charge is 0.384 e. The number of hydrogen-bond acceptors (Lipinski definition) is 7. The zero-order valence-electron chi connectivity index (χ0n) is 17.3. The average molecular weight is 479 g/mol. The van der Waals surface area contributed by atoms with E-state index in [0.29, 0.717) is 17.2 Å². The van der Waals surface area contributed by atoms with Crippen LogP contribution in [0.3, 0.4) is 0 Å². The third-order valence-corrected chi connectivity index (χ3v) is 7.12. The number of alkyl halides is 3. The van der Waals surface area contributed by atoms with E-state index in [-0.39, 0.29) is 37.0 Å². The van der Waals surface area contributed by atoms with Gasteiger partial charge in [-0.3, -0.25) is 0 Å². The molecule has 0 aliphatic carbocycles. The standard InChI is InChI=1S/C21H21F3N6O2S/c22-21(23,24)15-2-1-3-17(14-15)29-10-12-30(13-11-29)33(31,32)18-6-4-16(5-7-18)27-20-26-9-8-19(25)28-20/h1-9,14H,10-13H2,(H3,25,26,27,28). The minimum atomic E-state index is -4.43. The van der Waals surface area contributed by atoms with Crippen LogP contribution < -0.4 is 16.0 Å². The second kappa shape index (κ2) is 8.87. The number of benzene rings is 2. The molecule has 4 rings (SSSR count). The van der Waals surface area contributed by atoms with E-state index in [1.165, 1.54) is 28.7 Å². The summed E-state index contributed by atoms with van der Waals surface area (Å²) in [6.07, 6.45) is -2.93. The molecule has 1 aliphatic heterocycles. The zero-order valence-corrected chi connectivity index (χ0v) is 18.1. The van der Waals surface area contributed by atoms with E-state index in [4.69, 9.17) is 5.73 Å². The third-order valence-electron chi connectivity index (χ3n) is 5.20. The first-order valence-corrected chi connectivity index (χ1v) is 11.4. The van der Waals surface area contributed by atoms with Crippen LogP contribution in [0, 0.1) is 0 Å². The molecular weight excluding hydrogens is 457 g/mol. The number of nitrogens with two attached hydrogens (primary N) is 1. The van der Waals surface area contributed by atoms with Crippen LogP contribution in [0.25, 0.3) is 0 Å². The van der Waals surface area contributed by atoms with E-state index in [2.05, 4.69) is 15.3 Å². The van der Waals surface area contributed by atoms with Gasteiger partial charge in [-0.15, -0.1) is 0 Å². The number of aromatic nitrogens is 2. The van der Waals surface area contributed by atoms with Crippen molar-refractivity contribution in [2.45, 2.75) is 11.1 Å². The third kappa shape index (κ3) is 5.17. The van der Waals surface area contributed by atoms with Gasteiger partial charge in [-0.2, -0.15) is 22.5 Å². The van der Waals surface area contributed by atoms with Crippen LogP contribution in [0.2, 0.25) is 0 Å². The number of rotatable bonds is 5. The van der Waals surface area contributed by atoms with Gasteiger partial charge in [0.15, 0.2) is 0 Å². The van der Waals surface area contributed by atoms with Gasteiger partial charge in [0.1, 0.15) is 5.82 Å². The molecule has 0 atom stereocenters. The lowest BCUT2D eigenvalue weighted by molar-refractivity contribution is -0.137. The largest absolute Gasteiger partial charge is 0.416 e. The molecule has 1 aliphatic rings. The molecule has 174 valence electrons. The molecule has 2 aromatic carbocycles. The molecule has 8 nitrogen and oxygen atoms in total. The predicted molar refractivity (Wildman–Crippen MR) is 119 cm³/mol. The summed E-state index contributed by atoms with van der Waals surface area (Å²) in [7, 11) is -3.75. The Morgan fingerprint density at radius 2 is 1.67 bits per heavy atom. The van der Waals surface area contributed by atoms with Crippen LogP contribution in [0.4, 0.5) is 36.3 Å². The second-order valence-electron chi connectivity index (χ2n) is 7.39. The fourth-order valence-corrected chi connectivity index (χ4v) is 4.91. The molecule has 12 heteroatoms. The fourth-order valence-electron chi connectivity index (χ4n) is 3.49. The number of hydrogen-bond donors (Lipinski definition) is 2. The molecule has 1 saturated heterocycles. The summed E-state index contributed by atoms with van der Waals surface area (Å²) in [5.74, 6) is 0.590. The molecule has 1 aromatic heterocycles. The van der Waals surface area contributed by atoms with Gasteiger partial charge in [-0.1, -0.05) is 6.07 Å². The highest BCUT2D eigenvalue weighted by Crippen LogP contribution is 2.32. The van der Waals surface area contributed by atoms with Crippen molar-refractivity contribution in [1.29, 1.82) is 0 Å². The van der Waals surface area contributed by atoms with Crippen molar-refractivity contribution in [2.75, 3.05) is 42.1 Å². The molecule has 0 unspecified atom stereocenters. The maximum Gasteiger partial charge on any atom is 0.416 e. The van der Waals surface area contributed by atoms with Gasteiger partial charge in [-0.25, -0.2) is 13.4 Å². The van der Waals surface area contributed by atoms with Gasteiger partial charge in [-0.05, 0) is 48.5 Å². The van der Waals surface area contributed by atoms with Gasteiger partial charge in [0.25, 0.3) is 0 Å². The Morgan fingerprint density at radius 1 is 0.970 bits per heavy atom. The number of sulfonamides is 1. The summed E-state index contributed by atoms with van der Waals surface area (Å²) < 4.78 is 66.3. The first kappa shape index (κ1) is 22.8. The maximum atomic E-state index is 13.0. The lowest BCUT2D eigenvalue weighted by Crippen LogP contribution is -2.48. The molecular formula is C21H21F3N6O2S. The van der Waals surface area contributed by atoms with E-state index in [1.54, 1.807) is 29.2 Å². The summed E-state index contributed by atoms with van der Waals surface area (Å²) in [5, 5.41) is 2.94. The Hall–Kier alpha value is -3.38. The van der Waals surface area contributed by atoms with Gasteiger partial charge in [0.05, 0.1) is 10.5 Å². The Morgan fingerprint density at radius 3 is 2.30 bits per heavy atom. The lowest BCUT2D eigenvalue weighted by atomic mass is 10.1. The average Bonchev–Trinajstić information content (AvgIpc) is 2.79. The minimum absolute atomic E-state index is 0.120. The van der Waals surface area contributed by atoms with E-state index in [0.717, 1.165) is 12.1 Å². The molecule has 3 aromatic rings. The first-order valence-electron chi connectivity index (χ1n) is 10.0. The number of nitrogen functional groups attached to an aromatic ring is 1. The first-order chi connectivity index (χ1) is 15.6. The van der Waals surface area contributed by atoms with Crippen molar-refractivity contribution < 1.29 is 21.6 Å². The Labute approximate surface area is 188 Å². The molecule has 3 N–H and O–H groups in total. The van der Waals surface area contributed by atoms with Crippen LogP contribution in [-0.2, 0) is 16.2 Å². The SMILES string of the molecule is Nc1ccnc(Nc2ccc(S(=O)(=O)N3CCN(c4cccc(C(F)(F)F)c4)CC3)cc2)n1. The van der Waals surface area contributed by atoms with E-state index in [9.17, 15) is 21.6 Å². The normalized spacial score (nSPS) is 15.4. The number of halogens is 3. The summed E-state index contributed by atoms with van der Waals surface area (Å²) in [5.41, 5.74) is 5.90. The van der Waals surface area contributed by atoms with Crippen molar-refractivity contribution in [3.05, 3.63) is 66.4 Å². The van der Waals surface area contributed by atoms with Crippen LogP contribution >= 0.6 is 0 Å². The molecule has 0 bridgehead atoms. The van der Waals surface area contributed by atoms with Crippen LogP contribution in [0.5, 0.6) is 0 Å². The fraction of sp³-hybridized carbons (Fsp3) is 0.238. The van der Waals surface area contributed by atoms with Crippen molar-refractivity contribution in [2.24, 2.45) is 0 Å².